The van der Waals surface area contributed by atoms with Crippen LogP contribution in [0.2, 0.25) is 0 Å². The minimum atomic E-state index is -0.128. The fourth-order valence-electron chi connectivity index (χ4n) is 1.51. The number of hydrogen-bond donors (Lipinski definition) is 0. The number of aromatic nitrogens is 2. The molecule has 0 saturated heterocycles. The molecule has 0 aliphatic heterocycles. The zero-order valence-corrected chi connectivity index (χ0v) is 11.8. The molecule has 0 spiro atoms. The zero-order chi connectivity index (χ0) is 11.4. The molecular formula is C12H15N2SSi+. The fourth-order valence-corrected chi connectivity index (χ4v) is 5.07. The molecule has 0 saturated carbocycles. The van der Waals surface area contributed by atoms with Crippen LogP contribution in [0.15, 0.2) is 42.7 Å². The Hall–Kier alpha value is -1.13. The van der Waals surface area contributed by atoms with Crippen LogP contribution in [0.1, 0.15) is 0 Å². The second-order valence-corrected chi connectivity index (χ2v) is 11.3. The highest BCUT2D eigenvalue weighted by atomic mass is 32.4. The van der Waals surface area contributed by atoms with Crippen molar-refractivity contribution in [1.82, 2.24) is 9.97 Å². The zero-order valence-electron chi connectivity index (χ0n) is 9.55. The van der Waals surface area contributed by atoms with Crippen molar-refractivity contribution in [3.05, 3.63) is 42.7 Å². The van der Waals surface area contributed by atoms with Gasteiger partial charge in [0, 0.05) is 17.6 Å². The molecule has 0 bridgehead atoms. The Bertz CT molecular complexity index is 442. The first-order valence-corrected chi connectivity index (χ1v) is 9.81. The predicted octanol–water partition coefficient (Wildman–Crippen LogP) is 0.731. The second kappa shape index (κ2) is 5.27. The van der Waals surface area contributed by atoms with Crippen LogP contribution in [0.25, 0.3) is 11.4 Å². The normalized spacial score (nSPS) is 11.4. The van der Waals surface area contributed by atoms with Gasteiger partial charge in [-0.2, -0.15) is 0 Å². The quantitative estimate of drug-likeness (QED) is 0.590. The standard InChI is InChI=1S/C12H15N2SSi/c1-15(2)16-10-6-7-12(14-9-10)11-5-3-4-8-13-11/h3-9H,16H2,1-2H3/q+1. The van der Waals surface area contributed by atoms with E-state index in [0.29, 0.717) is 10.3 Å². The van der Waals surface area contributed by atoms with Gasteiger partial charge < -0.3 is 0 Å². The molecule has 0 radical (unpaired) electrons. The first-order valence-electron chi connectivity index (χ1n) is 5.16. The van der Waals surface area contributed by atoms with Crippen LogP contribution in [0.4, 0.5) is 0 Å². The lowest BCUT2D eigenvalue weighted by Gasteiger charge is -2.01. The molecule has 16 heavy (non-hydrogen) atoms. The molecule has 2 rings (SSSR count). The molecule has 0 aliphatic rings. The molecular weight excluding hydrogens is 232 g/mol. The summed E-state index contributed by atoms with van der Waals surface area (Å²) in [4.78, 5) is 8.77. The van der Waals surface area contributed by atoms with E-state index < -0.39 is 0 Å². The molecule has 0 unspecified atom stereocenters. The minimum Gasteiger partial charge on any atom is -0.255 e. The predicted molar refractivity (Wildman–Crippen MR) is 74.9 cm³/mol. The van der Waals surface area contributed by atoms with E-state index in [4.69, 9.17) is 0 Å². The third-order valence-electron chi connectivity index (χ3n) is 2.21. The van der Waals surface area contributed by atoms with Crippen molar-refractivity contribution >= 4 is 24.2 Å². The molecule has 0 aliphatic carbocycles. The van der Waals surface area contributed by atoms with Crippen molar-refractivity contribution in [1.29, 1.82) is 0 Å². The van der Waals surface area contributed by atoms with Gasteiger partial charge in [-0.1, -0.05) is 22.5 Å². The van der Waals surface area contributed by atoms with Gasteiger partial charge in [-0.15, -0.1) is 0 Å². The lowest BCUT2D eigenvalue weighted by atomic mass is 10.2. The van der Waals surface area contributed by atoms with Gasteiger partial charge in [0.2, 0.25) is 0 Å². The van der Waals surface area contributed by atoms with Crippen molar-refractivity contribution in [2.45, 2.75) is 0 Å². The number of nitrogens with zero attached hydrogens (tertiary/aromatic N) is 2. The average molecular weight is 247 g/mol. The van der Waals surface area contributed by atoms with Crippen LogP contribution >= 0.6 is 0 Å². The van der Waals surface area contributed by atoms with Crippen molar-refractivity contribution in [3.63, 3.8) is 0 Å². The molecule has 2 nitrogen and oxygen atoms in total. The summed E-state index contributed by atoms with van der Waals surface area (Å²) in [5, 5.41) is 1.44. The topological polar surface area (TPSA) is 25.8 Å². The lowest BCUT2D eigenvalue weighted by Crippen LogP contribution is -2.22. The second-order valence-electron chi connectivity index (χ2n) is 3.90. The number of rotatable bonds is 3. The summed E-state index contributed by atoms with van der Waals surface area (Å²) in [5.41, 5.74) is 1.91. The molecule has 2 aromatic rings. The van der Waals surface area contributed by atoms with Gasteiger partial charge in [-0.25, -0.2) is 0 Å². The summed E-state index contributed by atoms with van der Waals surface area (Å²) in [6.07, 6.45) is 8.43. The summed E-state index contributed by atoms with van der Waals surface area (Å²) < 4.78 is 0. The van der Waals surface area contributed by atoms with E-state index in [1.807, 2.05) is 24.4 Å². The maximum atomic E-state index is 4.48. The van der Waals surface area contributed by atoms with Gasteiger partial charge >= 0.3 is 0 Å². The van der Waals surface area contributed by atoms with E-state index in [0.717, 1.165) is 11.4 Å². The minimum absolute atomic E-state index is 0.128. The Labute approximate surface area is 101 Å². The molecule has 2 aromatic heterocycles. The van der Waals surface area contributed by atoms with Crippen LogP contribution in [-0.2, 0) is 10.3 Å². The third kappa shape index (κ3) is 2.93. The maximum absolute atomic E-state index is 4.48. The van der Waals surface area contributed by atoms with Gasteiger partial charge in [0.25, 0.3) is 8.67 Å². The van der Waals surface area contributed by atoms with Gasteiger partial charge in [0.05, 0.1) is 23.9 Å². The SMILES string of the molecule is C[S+](C)[SiH2]c1ccc(-c2ccccn2)nc1. The Balaban J connectivity index is 2.20. The smallest absolute Gasteiger partial charge is 0.255 e. The molecule has 0 amide bonds. The van der Waals surface area contributed by atoms with Gasteiger partial charge in [0.1, 0.15) is 0 Å². The van der Waals surface area contributed by atoms with Gasteiger partial charge in [0.15, 0.2) is 0 Å². The lowest BCUT2D eigenvalue weighted by molar-refractivity contribution is 1.25. The first kappa shape index (κ1) is 11.4. The fraction of sp³-hybridized carbons (Fsp3) is 0.167. The average Bonchev–Trinajstić information content (AvgIpc) is 2.30. The molecule has 0 aromatic carbocycles. The maximum Gasteiger partial charge on any atom is 0.299 e. The van der Waals surface area contributed by atoms with E-state index in [-0.39, 0.29) is 8.67 Å². The van der Waals surface area contributed by atoms with E-state index in [2.05, 4.69) is 34.6 Å². The first-order chi connectivity index (χ1) is 7.75. The Morgan fingerprint density at radius 2 is 1.81 bits per heavy atom. The Morgan fingerprint density at radius 3 is 2.38 bits per heavy atom. The molecule has 0 N–H and O–H groups in total. The summed E-state index contributed by atoms with van der Waals surface area (Å²) in [6, 6.07) is 10.2. The van der Waals surface area contributed by atoms with Gasteiger partial charge in [-0.3, -0.25) is 9.97 Å². The Kier molecular flexibility index (Phi) is 3.74. The summed E-state index contributed by atoms with van der Waals surface area (Å²) in [5.74, 6) is 0. The van der Waals surface area contributed by atoms with Crippen LogP contribution in [0, 0.1) is 0 Å². The molecule has 0 atom stereocenters. The van der Waals surface area contributed by atoms with Crippen LogP contribution in [0.3, 0.4) is 0 Å². The highest BCUT2D eigenvalue weighted by Gasteiger charge is 2.07. The van der Waals surface area contributed by atoms with Crippen LogP contribution < -0.4 is 5.19 Å². The van der Waals surface area contributed by atoms with Crippen molar-refractivity contribution in [2.75, 3.05) is 12.5 Å². The molecule has 82 valence electrons. The van der Waals surface area contributed by atoms with E-state index >= 15 is 0 Å². The van der Waals surface area contributed by atoms with Crippen molar-refractivity contribution in [2.24, 2.45) is 0 Å². The van der Waals surface area contributed by atoms with Crippen molar-refractivity contribution < 1.29 is 0 Å². The highest BCUT2D eigenvalue weighted by molar-refractivity contribution is 8.19. The van der Waals surface area contributed by atoms with E-state index in [1.165, 1.54) is 5.19 Å². The molecule has 0 fully saturated rings. The summed E-state index contributed by atoms with van der Waals surface area (Å²) in [6.45, 7) is 0. The van der Waals surface area contributed by atoms with Crippen molar-refractivity contribution in [3.8, 4) is 11.4 Å². The highest BCUT2D eigenvalue weighted by Crippen LogP contribution is 2.10. The number of pyridine rings is 2. The van der Waals surface area contributed by atoms with E-state index in [9.17, 15) is 0 Å². The summed E-state index contributed by atoms with van der Waals surface area (Å²) >= 11 is 0. The summed E-state index contributed by atoms with van der Waals surface area (Å²) in [7, 11) is 0.438. The molecule has 4 heteroatoms. The monoisotopic (exact) mass is 247 g/mol. The molecule has 2 heterocycles. The Morgan fingerprint density at radius 1 is 1.00 bits per heavy atom. The van der Waals surface area contributed by atoms with Gasteiger partial charge in [-0.05, 0) is 18.2 Å². The van der Waals surface area contributed by atoms with Crippen LogP contribution in [0.5, 0.6) is 0 Å². The van der Waals surface area contributed by atoms with E-state index in [1.54, 1.807) is 6.20 Å². The largest absolute Gasteiger partial charge is 0.299 e. The number of hydrogen-bond acceptors (Lipinski definition) is 2. The third-order valence-corrected chi connectivity index (χ3v) is 6.27. The van der Waals surface area contributed by atoms with Crippen LogP contribution in [-0.4, -0.2) is 31.1 Å².